The molecule has 3 nitrogen and oxygen atoms in total. The van der Waals surface area contributed by atoms with Crippen molar-refractivity contribution in [2.45, 2.75) is 6.92 Å². The van der Waals surface area contributed by atoms with Crippen LogP contribution in [0, 0.1) is 0 Å². The van der Waals surface area contributed by atoms with Crippen molar-refractivity contribution >= 4 is 40.9 Å². The summed E-state index contributed by atoms with van der Waals surface area (Å²) < 4.78 is 0. The first-order valence-corrected chi connectivity index (χ1v) is 6.00. The van der Waals surface area contributed by atoms with Gasteiger partial charge in [0.2, 0.25) is 0 Å². The average molecular weight is 267 g/mol. The molecule has 1 aliphatic rings. The summed E-state index contributed by atoms with van der Waals surface area (Å²) in [5.41, 5.74) is 1.41. The number of nitrogens with zero attached hydrogens (tertiary/aromatic N) is 1. The number of thiocarbonyl (C=S) groups is 1. The first-order chi connectivity index (χ1) is 8.11. The van der Waals surface area contributed by atoms with Gasteiger partial charge in [0.05, 0.1) is 0 Å². The third-order valence-corrected chi connectivity index (χ3v) is 3.03. The number of nitrogens with one attached hydrogen (secondary N) is 1. The lowest BCUT2D eigenvalue weighted by Gasteiger charge is -2.08. The van der Waals surface area contributed by atoms with Gasteiger partial charge in [0, 0.05) is 11.6 Å². The van der Waals surface area contributed by atoms with Crippen molar-refractivity contribution in [1.82, 2.24) is 10.2 Å². The molecule has 1 saturated heterocycles. The maximum Gasteiger partial charge on any atom is 0.276 e. The third-order valence-electron chi connectivity index (χ3n) is 2.46. The van der Waals surface area contributed by atoms with Crippen molar-refractivity contribution in [3.05, 3.63) is 40.5 Å². The van der Waals surface area contributed by atoms with Crippen molar-refractivity contribution in [1.29, 1.82) is 0 Å². The van der Waals surface area contributed by atoms with E-state index in [1.54, 1.807) is 18.2 Å². The fourth-order valence-electron chi connectivity index (χ4n) is 1.58. The van der Waals surface area contributed by atoms with Crippen LogP contribution < -0.4 is 5.32 Å². The molecule has 0 bridgehead atoms. The second-order valence-corrected chi connectivity index (χ2v) is 4.41. The van der Waals surface area contributed by atoms with Crippen LogP contribution in [-0.2, 0) is 4.79 Å². The van der Waals surface area contributed by atoms with Gasteiger partial charge in [-0.25, -0.2) is 0 Å². The van der Waals surface area contributed by atoms with E-state index in [2.05, 4.69) is 5.32 Å². The second kappa shape index (κ2) is 4.85. The van der Waals surface area contributed by atoms with Crippen molar-refractivity contribution in [3.8, 4) is 0 Å². The number of carbonyl (C=O) groups excluding carboxylic acids is 1. The van der Waals surface area contributed by atoms with Crippen LogP contribution >= 0.6 is 23.8 Å². The van der Waals surface area contributed by atoms with E-state index in [9.17, 15) is 4.79 Å². The molecular weight excluding hydrogens is 256 g/mol. The van der Waals surface area contributed by atoms with Gasteiger partial charge in [-0.2, -0.15) is 0 Å². The summed E-state index contributed by atoms with van der Waals surface area (Å²) in [6, 6.07) is 7.26. The number of likely N-dealkylation sites (N-methyl/N-ethyl adjacent to an activating group) is 1. The molecule has 88 valence electrons. The molecule has 1 heterocycles. The fraction of sp³-hybridized carbons (Fsp3) is 0.167. The van der Waals surface area contributed by atoms with Gasteiger partial charge in [-0.1, -0.05) is 23.7 Å². The lowest BCUT2D eigenvalue weighted by molar-refractivity contribution is -0.122. The molecule has 0 atom stereocenters. The topological polar surface area (TPSA) is 32.3 Å². The number of hydrogen-bond acceptors (Lipinski definition) is 2. The lowest BCUT2D eigenvalue weighted by Crippen LogP contribution is -2.30. The van der Waals surface area contributed by atoms with Crippen molar-refractivity contribution in [3.63, 3.8) is 0 Å². The van der Waals surface area contributed by atoms with E-state index in [0.717, 1.165) is 5.56 Å². The minimum Gasteiger partial charge on any atom is -0.328 e. The molecule has 0 unspecified atom stereocenters. The average Bonchev–Trinajstić information content (AvgIpc) is 2.57. The van der Waals surface area contributed by atoms with Gasteiger partial charge >= 0.3 is 0 Å². The molecular formula is C12H11ClN2OS. The van der Waals surface area contributed by atoms with E-state index < -0.39 is 0 Å². The Kier molecular flexibility index (Phi) is 3.45. The monoisotopic (exact) mass is 266 g/mol. The quantitative estimate of drug-likeness (QED) is 0.659. The molecule has 0 spiro atoms. The van der Waals surface area contributed by atoms with E-state index in [1.807, 2.05) is 19.1 Å². The van der Waals surface area contributed by atoms with Crippen LogP contribution in [-0.4, -0.2) is 22.5 Å². The highest BCUT2D eigenvalue weighted by Crippen LogP contribution is 2.15. The number of hydrogen-bond donors (Lipinski definition) is 1. The molecule has 0 aromatic heterocycles. The Morgan fingerprint density at radius 3 is 2.59 bits per heavy atom. The Balaban J connectivity index is 2.27. The van der Waals surface area contributed by atoms with Crippen LogP contribution in [0.1, 0.15) is 12.5 Å². The summed E-state index contributed by atoms with van der Waals surface area (Å²) in [7, 11) is 0. The molecule has 1 fully saturated rings. The van der Waals surface area contributed by atoms with Crippen LogP contribution in [0.15, 0.2) is 30.0 Å². The van der Waals surface area contributed by atoms with Gasteiger partial charge in [0.25, 0.3) is 5.91 Å². The molecule has 1 aliphatic heterocycles. The van der Waals surface area contributed by atoms with Crippen LogP contribution in [0.4, 0.5) is 0 Å². The van der Waals surface area contributed by atoms with E-state index in [4.69, 9.17) is 23.8 Å². The van der Waals surface area contributed by atoms with Gasteiger partial charge in [-0.15, -0.1) is 0 Å². The largest absolute Gasteiger partial charge is 0.328 e. The number of carbonyl (C=O) groups is 1. The smallest absolute Gasteiger partial charge is 0.276 e. The Hall–Kier alpha value is -1.39. The van der Waals surface area contributed by atoms with Crippen molar-refractivity contribution < 1.29 is 4.79 Å². The van der Waals surface area contributed by atoms with Gasteiger partial charge in [-0.05, 0) is 42.9 Å². The third kappa shape index (κ3) is 2.48. The highest BCUT2D eigenvalue weighted by atomic mass is 35.5. The number of amides is 1. The summed E-state index contributed by atoms with van der Waals surface area (Å²) in [4.78, 5) is 13.4. The second-order valence-electron chi connectivity index (χ2n) is 3.59. The lowest BCUT2D eigenvalue weighted by atomic mass is 10.2. The summed E-state index contributed by atoms with van der Waals surface area (Å²) in [6.07, 6.45) is 1.76. The zero-order valence-electron chi connectivity index (χ0n) is 9.24. The zero-order chi connectivity index (χ0) is 12.4. The highest BCUT2D eigenvalue weighted by Gasteiger charge is 2.28. The maximum absolute atomic E-state index is 11.9. The van der Waals surface area contributed by atoms with Gasteiger partial charge in [0.1, 0.15) is 5.70 Å². The standard InChI is InChI=1S/C12H11ClN2OS/c1-2-15-11(16)10(14-12(15)17)7-8-3-5-9(13)6-4-8/h3-7H,2H2,1H3,(H,14,17)/b10-7-. The van der Waals surface area contributed by atoms with E-state index in [-0.39, 0.29) is 5.91 Å². The molecule has 0 aliphatic carbocycles. The summed E-state index contributed by atoms with van der Waals surface area (Å²) >= 11 is 10.9. The summed E-state index contributed by atoms with van der Waals surface area (Å²) in [5.74, 6) is -0.0903. The minimum atomic E-state index is -0.0903. The van der Waals surface area contributed by atoms with E-state index in [0.29, 0.717) is 22.4 Å². The van der Waals surface area contributed by atoms with Gasteiger partial charge in [0.15, 0.2) is 5.11 Å². The first-order valence-electron chi connectivity index (χ1n) is 5.22. The fourth-order valence-corrected chi connectivity index (χ4v) is 2.03. The molecule has 17 heavy (non-hydrogen) atoms. The minimum absolute atomic E-state index is 0.0903. The molecule has 1 aromatic carbocycles. The zero-order valence-corrected chi connectivity index (χ0v) is 10.8. The van der Waals surface area contributed by atoms with E-state index in [1.165, 1.54) is 4.90 Å². The number of benzene rings is 1. The molecule has 2 rings (SSSR count). The van der Waals surface area contributed by atoms with Gasteiger partial charge < -0.3 is 5.32 Å². The molecule has 1 aromatic rings. The molecule has 0 saturated carbocycles. The molecule has 5 heteroatoms. The van der Waals surface area contributed by atoms with Crippen LogP contribution in [0.25, 0.3) is 6.08 Å². The van der Waals surface area contributed by atoms with Crippen LogP contribution in [0.5, 0.6) is 0 Å². The van der Waals surface area contributed by atoms with Crippen LogP contribution in [0.2, 0.25) is 5.02 Å². The Morgan fingerprint density at radius 1 is 1.41 bits per heavy atom. The SMILES string of the molecule is CCN1C(=O)/C(=C/c2ccc(Cl)cc2)NC1=S. The van der Waals surface area contributed by atoms with Crippen molar-refractivity contribution in [2.75, 3.05) is 6.54 Å². The normalized spacial score (nSPS) is 17.8. The molecule has 1 amide bonds. The Morgan fingerprint density at radius 2 is 2.06 bits per heavy atom. The molecule has 0 radical (unpaired) electrons. The highest BCUT2D eigenvalue weighted by molar-refractivity contribution is 7.80. The van der Waals surface area contributed by atoms with Crippen LogP contribution in [0.3, 0.4) is 0 Å². The first kappa shape index (κ1) is 12.1. The van der Waals surface area contributed by atoms with Crippen molar-refractivity contribution in [2.24, 2.45) is 0 Å². The van der Waals surface area contributed by atoms with E-state index >= 15 is 0 Å². The molecule has 1 N–H and O–H groups in total. The predicted molar refractivity (Wildman–Crippen MR) is 72.5 cm³/mol. The number of halogens is 1. The predicted octanol–water partition coefficient (Wildman–Crippen LogP) is 2.42. The Labute approximate surface area is 110 Å². The summed E-state index contributed by atoms with van der Waals surface area (Å²) in [5, 5.41) is 4.03. The number of rotatable bonds is 2. The van der Waals surface area contributed by atoms with Gasteiger partial charge in [-0.3, -0.25) is 9.69 Å². The maximum atomic E-state index is 11.9. The Bertz CT molecular complexity index is 496. The summed E-state index contributed by atoms with van der Waals surface area (Å²) in [6.45, 7) is 2.46.